The van der Waals surface area contributed by atoms with Crippen molar-refractivity contribution >= 4 is 5.84 Å². The molecule has 0 saturated heterocycles. The normalized spacial score (nSPS) is 15.7. The number of rotatable bonds is 3. The molecule has 3 aromatic carbocycles. The summed E-state index contributed by atoms with van der Waals surface area (Å²) in [6, 6.07) is 29.7. The van der Waals surface area contributed by atoms with Crippen LogP contribution in [0.2, 0.25) is 0 Å². The summed E-state index contributed by atoms with van der Waals surface area (Å²) in [5.74, 6) is 0.798. The Morgan fingerprint density at radius 2 is 1.46 bits per heavy atom. The predicted molar refractivity (Wildman–Crippen MR) is 92.9 cm³/mol. The van der Waals surface area contributed by atoms with E-state index in [1.807, 2.05) is 42.5 Å². The van der Waals surface area contributed by atoms with Gasteiger partial charge in [-0.1, -0.05) is 54.6 Å². The van der Waals surface area contributed by atoms with Gasteiger partial charge in [-0.25, -0.2) is 0 Å². The summed E-state index contributed by atoms with van der Waals surface area (Å²) in [6.07, 6.45) is -0.153. The number of hydrogen-bond acceptors (Lipinski definition) is 2. The third kappa shape index (κ3) is 3.40. The van der Waals surface area contributed by atoms with Crippen molar-refractivity contribution in [3.63, 3.8) is 0 Å². The number of amidine groups is 1. The number of nitrogens with one attached hydrogen (secondary N) is 1. The van der Waals surface area contributed by atoms with Crippen molar-refractivity contribution in [3.8, 4) is 11.1 Å². The minimum absolute atomic E-state index is 0. The molecule has 0 spiro atoms. The standard InChI is InChI=1S/C20H15N3.Ir/c1-3-7-15(8-4-1)16-11-13-18(14-12-16)20-21-19(22-23-20)17-9-5-2-6-10-17;/h1-9,11-14,19H,(H,21,23);/q-2;. The molecule has 24 heavy (non-hydrogen) atoms. The van der Waals surface area contributed by atoms with Crippen molar-refractivity contribution in [2.45, 2.75) is 6.17 Å². The van der Waals surface area contributed by atoms with Gasteiger partial charge in [0.25, 0.3) is 0 Å². The van der Waals surface area contributed by atoms with Crippen molar-refractivity contribution in [2.24, 2.45) is 5.10 Å². The summed E-state index contributed by atoms with van der Waals surface area (Å²) in [4.78, 5) is 0. The third-order valence-electron chi connectivity index (χ3n) is 3.84. The molecule has 0 saturated carbocycles. The van der Waals surface area contributed by atoms with E-state index in [1.165, 1.54) is 11.1 Å². The average Bonchev–Trinajstić information content (AvgIpc) is 3.14. The smallest absolute Gasteiger partial charge is 0.112 e. The van der Waals surface area contributed by atoms with E-state index in [0.29, 0.717) is 0 Å². The Morgan fingerprint density at radius 1 is 0.792 bits per heavy atom. The summed E-state index contributed by atoms with van der Waals surface area (Å²) in [5, 5.41) is 7.61. The second kappa shape index (κ2) is 7.43. The molecule has 4 rings (SSSR count). The van der Waals surface area contributed by atoms with Crippen LogP contribution in [-0.4, -0.2) is 5.84 Å². The molecule has 3 nitrogen and oxygen atoms in total. The monoisotopic (exact) mass is 490 g/mol. The summed E-state index contributed by atoms with van der Waals surface area (Å²) in [6.45, 7) is 0. The Kier molecular flexibility index (Phi) is 5.09. The number of nitrogens with zero attached hydrogens (tertiary/aromatic N) is 2. The fraction of sp³-hybridized carbons (Fsp3) is 0.0500. The van der Waals surface area contributed by atoms with E-state index in [2.05, 4.69) is 58.3 Å². The molecular formula is C20H15IrN3-2. The van der Waals surface area contributed by atoms with Crippen molar-refractivity contribution in [3.05, 3.63) is 101 Å². The van der Waals surface area contributed by atoms with Gasteiger partial charge in [0.1, 0.15) is 5.84 Å². The molecule has 121 valence electrons. The van der Waals surface area contributed by atoms with E-state index in [1.54, 1.807) is 0 Å². The largest absolute Gasteiger partial charge is 0.579 e. The van der Waals surface area contributed by atoms with Crippen LogP contribution >= 0.6 is 0 Å². The predicted octanol–water partition coefficient (Wildman–Crippen LogP) is 4.49. The minimum Gasteiger partial charge on any atom is -0.579 e. The Hall–Kier alpha value is -2.42. The second-order valence-electron chi connectivity index (χ2n) is 5.37. The molecule has 4 heteroatoms. The third-order valence-corrected chi connectivity index (χ3v) is 3.84. The summed E-state index contributed by atoms with van der Waals surface area (Å²) in [7, 11) is 0. The molecule has 3 aromatic rings. The van der Waals surface area contributed by atoms with Gasteiger partial charge >= 0.3 is 0 Å². The molecule has 1 atom stereocenters. The molecule has 0 aromatic heterocycles. The van der Waals surface area contributed by atoms with E-state index in [0.717, 1.165) is 17.0 Å². The molecule has 0 amide bonds. The van der Waals surface area contributed by atoms with Gasteiger partial charge in [-0.05, 0) is 17.3 Å². The zero-order valence-electron chi connectivity index (χ0n) is 12.8. The first-order valence-electron chi connectivity index (χ1n) is 7.57. The van der Waals surface area contributed by atoms with Crippen LogP contribution in [0.25, 0.3) is 16.6 Å². The van der Waals surface area contributed by atoms with Crippen LogP contribution in [0.1, 0.15) is 17.3 Å². The Morgan fingerprint density at radius 3 is 2.17 bits per heavy atom. The summed E-state index contributed by atoms with van der Waals surface area (Å²) >= 11 is 0. The van der Waals surface area contributed by atoms with Gasteiger partial charge in [0.05, 0.1) is 0 Å². The molecule has 0 bridgehead atoms. The SMILES string of the molecule is [Ir].[c-]1ccccc1C1[N-]N=C(c2ccc(-c3ccccc3)cc2)N1. The van der Waals surface area contributed by atoms with Crippen molar-refractivity contribution in [1.29, 1.82) is 0 Å². The summed E-state index contributed by atoms with van der Waals surface area (Å²) in [5.41, 5.74) is 8.72. The average molecular weight is 490 g/mol. The molecule has 1 N–H and O–H groups in total. The zero-order valence-corrected chi connectivity index (χ0v) is 15.2. The molecule has 0 aliphatic carbocycles. The van der Waals surface area contributed by atoms with E-state index >= 15 is 0 Å². The maximum absolute atomic E-state index is 4.29. The Bertz CT molecular complexity index is 815. The zero-order chi connectivity index (χ0) is 15.5. The quantitative estimate of drug-likeness (QED) is 0.541. The fourth-order valence-electron chi connectivity index (χ4n) is 2.61. The molecular weight excluding hydrogens is 474 g/mol. The van der Waals surface area contributed by atoms with Crippen LogP contribution in [0.5, 0.6) is 0 Å². The van der Waals surface area contributed by atoms with Crippen molar-refractivity contribution in [1.82, 2.24) is 5.32 Å². The number of hydrogen-bond donors (Lipinski definition) is 1. The van der Waals surface area contributed by atoms with Crippen LogP contribution in [0.4, 0.5) is 0 Å². The van der Waals surface area contributed by atoms with E-state index in [-0.39, 0.29) is 26.3 Å². The van der Waals surface area contributed by atoms with Crippen LogP contribution in [0, 0.1) is 6.07 Å². The van der Waals surface area contributed by atoms with Gasteiger partial charge in [0.2, 0.25) is 0 Å². The molecule has 1 aliphatic heterocycles. The van der Waals surface area contributed by atoms with E-state index in [4.69, 9.17) is 0 Å². The van der Waals surface area contributed by atoms with E-state index in [9.17, 15) is 0 Å². The molecule has 1 heterocycles. The van der Waals surface area contributed by atoms with Crippen LogP contribution in [0.3, 0.4) is 0 Å². The second-order valence-corrected chi connectivity index (χ2v) is 5.37. The Balaban J connectivity index is 0.00000169. The van der Waals surface area contributed by atoms with Gasteiger partial charge in [-0.2, -0.15) is 35.9 Å². The molecule has 1 radical (unpaired) electrons. The molecule has 1 unspecified atom stereocenters. The van der Waals surface area contributed by atoms with Crippen LogP contribution < -0.4 is 5.32 Å². The van der Waals surface area contributed by atoms with Crippen molar-refractivity contribution < 1.29 is 20.1 Å². The maximum Gasteiger partial charge on any atom is 0.112 e. The molecule has 1 aliphatic rings. The first-order valence-corrected chi connectivity index (χ1v) is 7.57. The fourth-order valence-corrected chi connectivity index (χ4v) is 2.61. The number of benzene rings is 3. The van der Waals surface area contributed by atoms with Gasteiger partial charge in [-0.15, -0.1) is 0 Å². The van der Waals surface area contributed by atoms with Gasteiger partial charge in [0, 0.05) is 25.7 Å². The first-order chi connectivity index (χ1) is 11.4. The minimum atomic E-state index is -0.153. The maximum atomic E-state index is 4.29. The van der Waals surface area contributed by atoms with Crippen LogP contribution in [-0.2, 0) is 20.1 Å². The van der Waals surface area contributed by atoms with Gasteiger partial charge < -0.3 is 15.8 Å². The van der Waals surface area contributed by atoms with Gasteiger partial charge in [0.15, 0.2) is 0 Å². The first kappa shape index (κ1) is 16.4. The van der Waals surface area contributed by atoms with E-state index < -0.39 is 0 Å². The van der Waals surface area contributed by atoms with Crippen molar-refractivity contribution in [2.75, 3.05) is 0 Å². The van der Waals surface area contributed by atoms with Gasteiger partial charge in [-0.3, -0.25) is 0 Å². The van der Waals surface area contributed by atoms with Crippen LogP contribution in [0.15, 0.2) is 84.0 Å². The topological polar surface area (TPSA) is 38.5 Å². The Labute approximate surface area is 155 Å². The summed E-state index contributed by atoms with van der Waals surface area (Å²) < 4.78 is 0. The molecule has 0 fully saturated rings.